The van der Waals surface area contributed by atoms with Gasteiger partial charge in [-0.15, -0.1) is 0 Å². The lowest BCUT2D eigenvalue weighted by molar-refractivity contribution is -0.140. The third-order valence-corrected chi connectivity index (χ3v) is 6.25. The van der Waals surface area contributed by atoms with Crippen LogP contribution in [0, 0.1) is 35.5 Å². The van der Waals surface area contributed by atoms with Gasteiger partial charge < -0.3 is 9.84 Å². The number of aromatic hydroxyl groups is 1. The molecular weight excluding hydrogens is 332 g/mol. The largest absolute Gasteiger partial charge is 0.504 e. The topological polar surface area (TPSA) is 79.2 Å². The van der Waals surface area contributed by atoms with E-state index in [4.69, 9.17) is 4.74 Å². The Balaban J connectivity index is 1.40. The highest BCUT2D eigenvalue weighted by Gasteiger charge is 2.67. The zero-order chi connectivity index (χ0) is 18.0. The summed E-state index contributed by atoms with van der Waals surface area (Å²) in [4.78, 5) is 25.7. The van der Waals surface area contributed by atoms with Gasteiger partial charge in [0, 0.05) is 0 Å². The first kappa shape index (κ1) is 15.6. The van der Waals surface area contributed by atoms with Crippen LogP contribution in [-0.2, 0) is 9.59 Å². The maximum Gasteiger partial charge on any atom is 0.254 e. The van der Waals surface area contributed by atoms with Crippen LogP contribution in [0.15, 0.2) is 35.5 Å². The first-order valence-electron chi connectivity index (χ1n) is 9.16. The summed E-state index contributed by atoms with van der Waals surface area (Å²) in [5.41, 5.74) is 0.658. The quantitative estimate of drug-likeness (QED) is 0.512. The van der Waals surface area contributed by atoms with E-state index in [1.54, 1.807) is 12.1 Å². The molecule has 6 nitrogen and oxygen atoms in total. The molecule has 1 aromatic rings. The second-order valence-electron chi connectivity index (χ2n) is 7.55. The zero-order valence-corrected chi connectivity index (χ0v) is 14.4. The summed E-state index contributed by atoms with van der Waals surface area (Å²) in [6.45, 7) is 2.26. The Bertz CT molecular complexity index is 825. The fourth-order valence-corrected chi connectivity index (χ4v) is 5.06. The van der Waals surface area contributed by atoms with E-state index in [2.05, 4.69) is 17.3 Å². The highest BCUT2D eigenvalue weighted by molar-refractivity contribution is 6.06. The Hall–Kier alpha value is -2.63. The van der Waals surface area contributed by atoms with Gasteiger partial charge in [0.25, 0.3) is 11.8 Å². The summed E-state index contributed by atoms with van der Waals surface area (Å²) in [6.07, 6.45) is 6.91. The van der Waals surface area contributed by atoms with Crippen LogP contribution in [0.4, 0.5) is 0 Å². The Morgan fingerprint density at radius 1 is 1.19 bits per heavy atom. The van der Waals surface area contributed by atoms with Crippen molar-refractivity contribution in [1.82, 2.24) is 5.01 Å². The lowest BCUT2D eigenvalue weighted by atomic mass is 9.63. The van der Waals surface area contributed by atoms with Crippen molar-refractivity contribution in [2.75, 3.05) is 6.61 Å². The van der Waals surface area contributed by atoms with Crippen molar-refractivity contribution in [3.63, 3.8) is 0 Å². The molecule has 1 aliphatic heterocycles. The predicted octanol–water partition coefficient (Wildman–Crippen LogP) is 2.18. The fraction of sp³-hybridized carbons (Fsp3) is 0.450. The number of carbonyl (C=O) groups excluding carboxylic acids is 2. The van der Waals surface area contributed by atoms with Crippen LogP contribution in [0.1, 0.15) is 18.9 Å². The van der Waals surface area contributed by atoms with Crippen LogP contribution in [0.2, 0.25) is 0 Å². The van der Waals surface area contributed by atoms with E-state index in [1.807, 2.05) is 6.92 Å². The molecule has 6 atom stereocenters. The molecule has 4 aliphatic carbocycles. The van der Waals surface area contributed by atoms with Crippen LogP contribution in [0.3, 0.4) is 0 Å². The van der Waals surface area contributed by atoms with Crippen LogP contribution in [0.5, 0.6) is 11.5 Å². The summed E-state index contributed by atoms with van der Waals surface area (Å²) in [7, 11) is 0. The lowest BCUT2D eigenvalue weighted by Gasteiger charge is -2.37. The summed E-state index contributed by atoms with van der Waals surface area (Å²) in [5.74, 6) is 1.13. The lowest BCUT2D eigenvalue weighted by Crippen LogP contribution is -2.40. The number of ether oxygens (including phenoxy) is 1. The van der Waals surface area contributed by atoms with Crippen molar-refractivity contribution in [2.24, 2.45) is 40.6 Å². The number of hydrogen-bond acceptors (Lipinski definition) is 5. The van der Waals surface area contributed by atoms with Crippen molar-refractivity contribution in [1.29, 1.82) is 0 Å². The molecular formula is C20H20N2O4. The zero-order valence-electron chi connectivity index (χ0n) is 14.4. The molecule has 134 valence electrons. The standard InChI is InChI=1S/C20H20N2O4/c1-2-26-16-7-10(3-6-15(16)23)9-21-22-19(24)17-11-4-5-12(14-8-13(11)14)18(17)20(22)25/h3-7,9,11-14,17-18,23H,2,8H2,1H3/b21-9-/t11-,12-,13-,14-,17+,18+/m1/s1. The number of rotatable bonds is 4. The minimum Gasteiger partial charge on any atom is -0.504 e. The molecule has 1 N–H and O–H groups in total. The number of phenolic OH excluding ortho intramolecular Hbond substituents is 1. The number of phenols is 1. The third kappa shape index (κ3) is 2.08. The van der Waals surface area contributed by atoms with Crippen molar-refractivity contribution in [3.8, 4) is 11.5 Å². The van der Waals surface area contributed by atoms with Gasteiger partial charge in [0.1, 0.15) is 0 Å². The van der Waals surface area contributed by atoms with Crippen LogP contribution in [0.25, 0.3) is 0 Å². The molecule has 5 aliphatic rings. The minimum absolute atomic E-state index is 0.0465. The molecule has 1 saturated heterocycles. The summed E-state index contributed by atoms with van der Waals surface area (Å²) >= 11 is 0. The van der Waals surface area contributed by atoms with Crippen LogP contribution >= 0.6 is 0 Å². The van der Waals surface area contributed by atoms with E-state index in [0.717, 1.165) is 11.4 Å². The van der Waals surface area contributed by atoms with Gasteiger partial charge in [-0.2, -0.15) is 10.1 Å². The first-order valence-corrected chi connectivity index (χ1v) is 9.16. The van der Waals surface area contributed by atoms with E-state index in [0.29, 0.717) is 29.8 Å². The highest BCUT2D eigenvalue weighted by atomic mass is 16.5. The van der Waals surface area contributed by atoms with E-state index in [9.17, 15) is 14.7 Å². The molecule has 2 amide bonds. The SMILES string of the molecule is CCOc1cc(/C=N\N2C(=O)[C@H]3[C@@H]4C=C[C@H]([C@H]5C[C@H]45)[C@@H]3C2=O)ccc1O. The molecule has 2 bridgehead atoms. The number of amides is 2. The fourth-order valence-electron chi connectivity index (χ4n) is 5.06. The molecule has 3 fully saturated rings. The van der Waals surface area contributed by atoms with Crippen molar-refractivity contribution in [3.05, 3.63) is 35.9 Å². The molecule has 0 unspecified atom stereocenters. The number of hydrogen-bond donors (Lipinski definition) is 1. The van der Waals surface area contributed by atoms with Gasteiger partial charge >= 0.3 is 0 Å². The number of allylic oxidation sites excluding steroid dienone is 2. The molecule has 0 spiro atoms. The van der Waals surface area contributed by atoms with Gasteiger partial charge in [0.2, 0.25) is 0 Å². The molecule has 6 heteroatoms. The van der Waals surface area contributed by atoms with Gasteiger partial charge in [-0.3, -0.25) is 9.59 Å². The summed E-state index contributed by atoms with van der Waals surface area (Å²) in [6, 6.07) is 4.82. The first-order chi connectivity index (χ1) is 12.6. The van der Waals surface area contributed by atoms with Crippen LogP contribution in [-0.4, -0.2) is 34.8 Å². The minimum atomic E-state index is -0.239. The van der Waals surface area contributed by atoms with Gasteiger partial charge in [-0.05, 0) is 60.8 Å². The Labute approximate surface area is 151 Å². The van der Waals surface area contributed by atoms with Crippen molar-refractivity contribution in [2.45, 2.75) is 13.3 Å². The number of carbonyl (C=O) groups is 2. The summed E-state index contributed by atoms with van der Waals surface area (Å²) < 4.78 is 5.35. The predicted molar refractivity (Wildman–Crippen MR) is 93.4 cm³/mol. The Kier molecular flexibility index (Phi) is 3.26. The Morgan fingerprint density at radius 2 is 1.85 bits per heavy atom. The van der Waals surface area contributed by atoms with E-state index >= 15 is 0 Å². The monoisotopic (exact) mass is 352 g/mol. The normalized spacial score (nSPS) is 36.6. The number of hydrazone groups is 1. The van der Waals surface area contributed by atoms with Crippen molar-refractivity contribution < 1.29 is 19.4 Å². The van der Waals surface area contributed by atoms with E-state index < -0.39 is 0 Å². The van der Waals surface area contributed by atoms with E-state index in [1.165, 1.54) is 12.3 Å². The van der Waals surface area contributed by atoms with Crippen LogP contribution < -0.4 is 4.74 Å². The molecule has 0 radical (unpaired) electrons. The highest BCUT2D eigenvalue weighted by Crippen LogP contribution is 2.65. The number of imide groups is 1. The molecule has 1 heterocycles. The maximum absolute atomic E-state index is 12.8. The smallest absolute Gasteiger partial charge is 0.254 e. The van der Waals surface area contributed by atoms with Gasteiger partial charge in [-0.25, -0.2) is 0 Å². The molecule has 1 aromatic carbocycles. The summed E-state index contributed by atoms with van der Waals surface area (Å²) in [5, 5.41) is 15.0. The van der Waals surface area contributed by atoms with Gasteiger partial charge in [0.05, 0.1) is 24.7 Å². The number of nitrogens with zero attached hydrogens (tertiary/aromatic N) is 2. The van der Waals surface area contributed by atoms with Gasteiger partial charge in [-0.1, -0.05) is 12.2 Å². The molecule has 6 rings (SSSR count). The van der Waals surface area contributed by atoms with Crippen molar-refractivity contribution >= 4 is 18.0 Å². The second kappa shape index (κ2) is 5.43. The third-order valence-electron chi connectivity index (χ3n) is 6.25. The average molecular weight is 352 g/mol. The second-order valence-corrected chi connectivity index (χ2v) is 7.55. The van der Waals surface area contributed by atoms with Gasteiger partial charge in [0.15, 0.2) is 11.5 Å². The number of benzene rings is 1. The maximum atomic E-state index is 12.8. The molecule has 0 aromatic heterocycles. The Morgan fingerprint density at radius 3 is 2.46 bits per heavy atom. The molecule has 26 heavy (non-hydrogen) atoms. The molecule has 2 saturated carbocycles. The van der Waals surface area contributed by atoms with E-state index in [-0.39, 0.29) is 41.2 Å². The average Bonchev–Trinajstić information content (AvgIpc) is 3.42.